The highest BCUT2D eigenvalue weighted by Gasteiger charge is 2.19. The number of unbranched alkanes of at least 4 members (excludes halogenated alkanes) is 47. The van der Waals surface area contributed by atoms with Crippen molar-refractivity contribution in [2.75, 3.05) is 13.2 Å². The second-order valence-corrected chi connectivity index (χ2v) is 24.1. The molecular formula is C74H136O6. The topological polar surface area (TPSA) is 78.9 Å². The van der Waals surface area contributed by atoms with Crippen molar-refractivity contribution in [3.63, 3.8) is 0 Å². The van der Waals surface area contributed by atoms with E-state index < -0.39 is 6.10 Å². The van der Waals surface area contributed by atoms with Crippen LogP contribution >= 0.6 is 0 Å². The Kier molecular flexibility index (Phi) is 66.6. The quantitative estimate of drug-likeness (QED) is 0.0261. The van der Waals surface area contributed by atoms with Crippen LogP contribution in [0, 0.1) is 0 Å². The molecule has 0 spiro atoms. The van der Waals surface area contributed by atoms with E-state index in [9.17, 15) is 14.4 Å². The first-order valence-electron chi connectivity index (χ1n) is 35.6. The molecule has 80 heavy (non-hydrogen) atoms. The molecule has 0 heterocycles. The SMILES string of the molecule is CCCCCCC/C=C\C/C=C\C/C=C\CCCCCCCCCCCCCCCCCCCCC(=O)OCC(COC(=O)CCCCCCCC)OC(=O)CCCCCCCCCCCCC/C=C\CCCCCCCCCC. The maximum atomic E-state index is 12.9. The summed E-state index contributed by atoms with van der Waals surface area (Å²) in [6.45, 7) is 6.63. The van der Waals surface area contributed by atoms with Crippen LogP contribution in [0.1, 0.15) is 387 Å². The highest BCUT2D eigenvalue weighted by Crippen LogP contribution is 2.18. The van der Waals surface area contributed by atoms with Gasteiger partial charge in [0.2, 0.25) is 0 Å². The first-order chi connectivity index (χ1) is 39.5. The highest BCUT2D eigenvalue weighted by atomic mass is 16.6. The van der Waals surface area contributed by atoms with Crippen molar-refractivity contribution in [2.45, 2.75) is 393 Å². The van der Waals surface area contributed by atoms with Gasteiger partial charge in [0.1, 0.15) is 13.2 Å². The smallest absolute Gasteiger partial charge is 0.306 e. The summed E-state index contributed by atoms with van der Waals surface area (Å²) in [5.74, 6) is -0.856. The average molecular weight is 1120 g/mol. The monoisotopic (exact) mass is 1120 g/mol. The van der Waals surface area contributed by atoms with E-state index in [4.69, 9.17) is 14.2 Å². The van der Waals surface area contributed by atoms with Crippen molar-refractivity contribution >= 4 is 17.9 Å². The molecule has 1 unspecified atom stereocenters. The summed E-state index contributed by atoms with van der Waals surface area (Å²) >= 11 is 0. The van der Waals surface area contributed by atoms with Gasteiger partial charge in [0.05, 0.1) is 0 Å². The van der Waals surface area contributed by atoms with Crippen molar-refractivity contribution < 1.29 is 28.6 Å². The summed E-state index contributed by atoms with van der Waals surface area (Å²) in [6, 6.07) is 0. The molecule has 0 bridgehead atoms. The number of hydrogen-bond donors (Lipinski definition) is 0. The lowest BCUT2D eigenvalue weighted by Gasteiger charge is -2.18. The minimum atomic E-state index is -0.769. The fourth-order valence-corrected chi connectivity index (χ4v) is 10.7. The third-order valence-electron chi connectivity index (χ3n) is 16.1. The van der Waals surface area contributed by atoms with Crippen LogP contribution in [0.15, 0.2) is 48.6 Å². The van der Waals surface area contributed by atoms with E-state index >= 15 is 0 Å². The number of carbonyl (C=O) groups excluding carboxylic acids is 3. The molecule has 0 saturated heterocycles. The molecule has 0 aromatic carbocycles. The Morgan fingerprint density at radius 1 is 0.250 bits per heavy atom. The zero-order chi connectivity index (χ0) is 57.8. The van der Waals surface area contributed by atoms with Crippen LogP contribution in [0.5, 0.6) is 0 Å². The van der Waals surface area contributed by atoms with E-state index in [2.05, 4.69) is 69.4 Å². The Hall–Kier alpha value is -2.63. The summed E-state index contributed by atoms with van der Waals surface area (Å²) in [5.41, 5.74) is 0. The van der Waals surface area contributed by atoms with E-state index in [-0.39, 0.29) is 31.1 Å². The molecule has 0 fully saturated rings. The van der Waals surface area contributed by atoms with Crippen LogP contribution in [0.3, 0.4) is 0 Å². The fraction of sp³-hybridized carbons (Fsp3) is 0.851. The van der Waals surface area contributed by atoms with Crippen molar-refractivity contribution in [1.29, 1.82) is 0 Å². The number of ether oxygens (including phenoxy) is 3. The van der Waals surface area contributed by atoms with Crippen molar-refractivity contribution in [3.05, 3.63) is 48.6 Å². The van der Waals surface area contributed by atoms with Crippen LogP contribution in [-0.2, 0) is 28.6 Å². The molecule has 0 N–H and O–H groups in total. The van der Waals surface area contributed by atoms with Crippen LogP contribution in [0.4, 0.5) is 0 Å². The van der Waals surface area contributed by atoms with Gasteiger partial charge in [-0.1, -0.05) is 333 Å². The van der Waals surface area contributed by atoms with Gasteiger partial charge in [0, 0.05) is 19.3 Å². The maximum absolute atomic E-state index is 12.9. The molecule has 468 valence electrons. The van der Waals surface area contributed by atoms with Crippen molar-refractivity contribution in [3.8, 4) is 0 Å². The van der Waals surface area contributed by atoms with Gasteiger partial charge in [-0.2, -0.15) is 0 Å². The average Bonchev–Trinajstić information content (AvgIpc) is 3.46. The molecule has 0 aliphatic rings. The summed E-state index contributed by atoms with van der Waals surface area (Å²) < 4.78 is 16.9. The lowest BCUT2D eigenvalue weighted by molar-refractivity contribution is -0.167. The minimum Gasteiger partial charge on any atom is -0.462 e. The van der Waals surface area contributed by atoms with E-state index in [1.165, 1.54) is 276 Å². The van der Waals surface area contributed by atoms with Gasteiger partial charge in [-0.3, -0.25) is 14.4 Å². The predicted molar refractivity (Wildman–Crippen MR) is 349 cm³/mol. The maximum Gasteiger partial charge on any atom is 0.306 e. The lowest BCUT2D eigenvalue weighted by atomic mass is 10.0. The third kappa shape index (κ3) is 66.2. The molecule has 1 atom stereocenters. The fourth-order valence-electron chi connectivity index (χ4n) is 10.7. The lowest BCUT2D eigenvalue weighted by Crippen LogP contribution is -2.30. The van der Waals surface area contributed by atoms with Crippen LogP contribution < -0.4 is 0 Å². The summed E-state index contributed by atoms with van der Waals surface area (Å²) in [4.78, 5) is 38.1. The van der Waals surface area contributed by atoms with Gasteiger partial charge in [-0.05, 0) is 83.5 Å². The van der Waals surface area contributed by atoms with E-state index in [0.29, 0.717) is 19.3 Å². The zero-order valence-electron chi connectivity index (χ0n) is 53.9. The molecule has 6 heteroatoms. The van der Waals surface area contributed by atoms with E-state index in [1.807, 2.05) is 0 Å². The van der Waals surface area contributed by atoms with Crippen LogP contribution in [0.2, 0.25) is 0 Å². The zero-order valence-corrected chi connectivity index (χ0v) is 53.9. The molecule has 0 aromatic heterocycles. The summed E-state index contributed by atoms with van der Waals surface area (Å²) in [5, 5.41) is 0. The number of rotatable bonds is 66. The molecule has 0 saturated carbocycles. The van der Waals surface area contributed by atoms with Gasteiger partial charge in [-0.25, -0.2) is 0 Å². The number of carbonyl (C=O) groups is 3. The van der Waals surface area contributed by atoms with Gasteiger partial charge in [0.25, 0.3) is 0 Å². The highest BCUT2D eigenvalue weighted by molar-refractivity contribution is 5.71. The molecule has 0 rings (SSSR count). The molecule has 6 nitrogen and oxygen atoms in total. The Labute approximate surface area is 498 Å². The molecular weight excluding hydrogens is 985 g/mol. The third-order valence-corrected chi connectivity index (χ3v) is 16.1. The first-order valence-corrected chi connectivity index (χ1v) is 35.6. The Morgan fingerprint density at radius 3 is 0.713 bits per heavy atom. The van der Waals surface area contributed by atoms with Crippen molar-refractivity contribution in [1.82, 2.24) is 0 Å². The van der Waals surface area contributed by atoms with E-state index in [0.717, 1.165) is 70.6 Å². The second-order valence-electron chi connectivity index (χ2n) is 24.1. The van der Waals surface area contributed by atoms with Gasteiger partial charge < -0.3 is 14.2 Å². The van der Waals surface area contributed by atoms with E-state index in [1.54, 1.807) is 0 Å². The van der Waals surface area contributed by atoms with Crippen LogP contribution in [0.25, 0.3) is 0 Å². The molecule has 0 amide bonds. The summed E-state index contributed by atoms with van der Waals surface area (Å²) in [6.07, 6.45) is 87.6. The van der Waals surface area contributed by atoms with Gasteiger partial charge in [0.15, 0.2) is 6.10 Å². The van der Waals surface area contributed by atoms with Gasteiger partial charge >= 0.3 is 17.9 Å². The Bertz CT molecular complexity index is 1380. The predicted octanol–water partition coefficient (Wildman–Crippen LogP) is 24.5. The van der Waals surface area contributed by atoms with Crippen LogP contribution in [-0.4, -0.2) is 37.2 Å². The molecule has 0 radical (unpaired) electrons. The molecule has 0 aliphatic carbocycles. The molecule has 0 aliphatic heterocycles. The number of esters is 3. The summed E-state index contributed by atoms with van der Waals surface area (Å²) in [7, 11) is 0. The van der Waals surface area contributed by atoms with Gasteiger partial charge in [-0.15, -0.1) is 0 Å². The Morgan fingerprint density at radius 2 is 0.450 bits per heavy atom. The number of hydrogen-bond acceptors (Lipinski definition) is 6. The van der Waals surface area contributed by atoms with Crippen molar-refractivity contribution in [2.24, 2.45) is 0 Å². The standard InChI is InChI=1S/C74H136O6/c1-4-7-10-13-16-18-20-22-24-26-28-30-32-33-34-35-36-37-38-39-40-41-43-44-46-48-50-52-54-56-58-61-64-67-73(76)79-70-71(69-78-72(75)66-63-60-15-12-9-6-3)80-74(77)68-65-62-59-57-55-53-51-49-47-45-42-31-29-27-25-23-21-19-17-14-11-8-5-2/h20,22,26-29,32-33,71H,4-19,21,23-25,30-31,34-70H2,1-3H3/b22-20-,28-26-,29-27-,33-32-. The normalized spacial score (nSPS) is 12.3. The largest absolute Gasteiger partial charge is 0.462 e. The Balaban J connectivity index is 3.96. The minimum absolute atomic E-state index is 0.0686. The first kappa shape index (κ1) is 77.4. The molecule has 0 aromatic rings. The number of allylic oxidation sites excluding steroid dienone is 8. The second kappa shape index (κ2) is 68.9.